The highest BCUT2D eigenvalue weighted by Crippen LogP contribution is 2.38. The molecule has 0 spiro atoms. The maximum Gasteiger partial charge on any atom is 0.339 e. The van der Waals surface area contributed by atoms with E-state index < -0.39 is 22.1 Å². The first kappa shape index (κ1) is 26.9. The van der Waals surface area contributed by atoms with E-state index in [9.17, 15) is 13.2 Å². The second-order valence-corrected chi connectivity index (χ2v) is 10.2. The number of carbonyl (C=O) groups excluding carboxylic acids is 1. The zero-order valence-corrected chi connectivity index (χ0v) is 21.9. The van der Waals surface area contributed by atoms with Crippen molar-refractivity contribution in [1.82, 2.24) is 0 Å². The van der Waals surface area contributed by atoms with Crippen LogP contribution in [0, 0.1) is 0 Å². The largest absolute Gasteiger partial charge is 0.454 e. The molecule has 0 saturated heterocycles. The molecular formula is C30H30N2O5S. The van der Waals surface area contributed by atoms with Gasteiger partial charge in [-0.25, -0.2) is 18.4 Å². The minimum atomic E-state index is -4.27. The fraction of sp³-hybridized carbons (Fsp3) is 0.167. The molecule has 8 heteroatoms. The SMILES string of the molecule is CCCCNc1cc(C(=O)OC(c2ccccc2)c2ccccc2)cc(S(N)(=O)=O)c1Oc1ccccc1. The molecular weight excluding hydrogens is 500 g/mol. The molecule has 0 saturated carbocycles. The van der Waals surface area contributed by atoms with Crippen LogP contribution in [0.2, 0.25) is 0 Å². The second-order valence-electron chi connectivity index (χ2n) is 8.70. The lowest BCUT2D eigenvalue weighted by atomic mass is 10.0. The van der Waals surface area contributed by atoms with Crippen molar-refractivity contribution < 1.29 is 22.7 Å². The van der Waals surface area contributed by atoms with Crippen molar-refractivity contribution in [3.8, 4) is 11.5 Å². The number of nitrogens with one attached hydrogen (secondary N) is 1. The van der Waals surface area contributed by atoms with Crippen molar-refractivity contribution in [3.05, 3.63) is 120 Å². The fourth-order valence-electron chi connectivity index (χ4n) is 3.93. The number of rotatable bonds is 11. The molecule has 0 atom stereocenters. The fourth-order valence-corrected chi connectivity index (χ4v) is 4.63. The highest BCUT2D eigenvalue weighted by Gasteiger charge is 2.26. The van der Waals surface area contributed by atoms with Crippen molar-refractivity contribution in [1.29, 1.82) is 0 Å². The first-order valence-corrected chi connectivity index (χ1v) is 13.9. The topological polar surface area (TPSA) is 108 Å². The lowest BCUT2D eigenvalue weighted by molar-refractivity contribution is 0.0378. The number of sulfonamides is 1. The number of hydrogen-bond donors (Lipinski definition) is 2. The number of nitrogens with two attached hydrogens (primary N) is 1. The summed E-state index contributed by atoms with van der Waals surface area (Å²) in [6.45, 7) is 2.58. The molecule has 0 amide bonds. The molecule has 7 nitrogen and oxygen atoms in total. The van der Waals surface area contributed by atoms with Gasteiger partial charge >= 0.3 is 5.97 Å². The van der Waals surface area contributed by atoms with Crippen LogP contribution in [-0.4, -0.2) is 20.9 Å². The Labute approximate surface area is 223 Å². The van der Waals surface area contributed by atoms with Gasteiger partial charge in [-0.05, 0) is 41.8 Å². The van der Waals surface area contributed by atoms with Gasteiger partial charge in [-0.3, -0.25) is 0 Å². The van der Waals surface area contributed by atoms with Crippen LogP contribution in [0.4, 0.5) is 5.69 Å². The maximum absolute atomic E-state index is 13.5. The molecule has 4 aromatic rings. The van der Waals surface area contributed by atoms with E-state index in [1.165, 1.54) is 12.1 Å². The average molecular weight is 531 g/mol. The molecule has 4 rings (SSSR count). The Morgan fingerprint density at radius 2 is 1.42 bits per heavy atom. The number of benzene rings is 4. The smallest absolute Gasteiger partial charge is 0.339 e. The van der Waals surface area contributed by atoms with Gasteiger partial charge in [0.1, 0.15) is 10.6 Å². The first-order valence-electron chi connectivity index (χ1n) is 12.4. The molecule has 0 heterocycles. The van der Waals surface area contributed by atoms with E-state index >= 15 is 0 Å². The third-order valence-corrected chi connectivity index (χ3v) is 6.75. The maximum atomic E-state index is 13.5. The Morgan fingerprint density at radius 3 is 1.95 bits per heavy atom. The number of anilines is 1. The standard InChI is InChI=1S/C30H30N2O5S/c1-2-3-19-32-26-20-24(21-27(38(31,34)35)29(26)36-25-17-11-6-12-18-25)30(33)37-28(22-13-7-4-8-14-22)23-15-9-5-10-16-23/h4-18,20-21,28,32H,2-3,19H2,1H3,(H2,31,34,35). The lowest BCUT2D eigenvalue weighted by Gasteiger charge is -2.21. The van der Waals surface area contributed by atoms with Gasteiger partial charge in [-0.1, -0.05) is 92.2 Å². The summed E-state index contributed by atoms with van der Waals surface area (Å²) in [5.74, 6) is -0.245. The van der Waals surface area contributed by atoms with Crippen LogP contribution in [0.25, 0.3) is 0 Å². The molecule has 196 valence electrons. The van der Waals surface area contributed by atoms with Crippen LogP contribution in [-0.2, 0) is 14.8 Å². The quantitative estimate of drug-likeness (QED) is 0.174. The van der Waals surface area contributed by atoms with E-state index in [-0.39, 0.29) is 16.2 Å². The van der Waals surface area contributed by atoms with Crippen LogP contribution in [0.5, 0.6) is 11.5 Å². The Balaban J connectivity index is 1.77. The molecule has 38 heavy (non-hydrogen) atoms. The number of carbonyl (C=O) groups is 1. The number of ether oxygens (including phenoxy) is 2. The summed E-state index contributed by atoms with van der Waals surface area (Å²) in [4.78, 5) is 13.2. The van der Waals surface area contributed by atoms with Gasteiger partial charge in [0.15, 0.2) is 11.9 Å². The van der Waals surface area contributed by atoms with Gasteiger partial charge in [0.05, 0.1) is 11.3 Å². The average Bonchev–Trinajstić information content (AvgIpc) is 2.93. The Hall–Kier alpha value is -4.14. The summed E-state index contributed by atoms with van der Waals surface area (Å²) < 4.78 is 37.3. The van der Waals surface area contributed by atoms with Crippen molar-refractivity contribution in [3.63, 3.8) is 0 Å². The monoisotopic (exact) mass is 530 g/mol. The van der Waals surface area contributed by atoms with Crippen LogP contribution in [0.1, 0.15) is 47.4 Å². The van der Waals surface area contributed by atoms with Crippen LogP contribution >= 0.6 is 0 Å². The predicted octanol–water partition coefficient (Wildman–Crippen LogP) is 6.28. The zero-order chi connectivity index (χ0) is 27.0. The van der Waals surface area contributed by atoms with E-state index in [4.69, 9.17) is 14.6 Å². The molecule has 0 radical (unpaired) electrons. The molecule has 0 aromatic heterocycles. The first-order chi connectivity index (χ1) is 18.4. The normalized spacial score (nSPS) is 11.2. The highest BCUT2D eigenvalue weighted by atomic mass is 32.2. The minimum absolute atomic E-state index is 0.0222. The van der Waals surface area contributed by atoms with Crippen LogP contribution in [0.3, 0.4) is 0 Å². The van der Waals surface area contributed by atoms with E-state index in [1.807, 2.05) is 73.7 Å². The number of para-hydroxylation sites is 1. The summed E-state index contributed by atoms with van der Waals surface area (Å²) >= 11 is 0. The molecule has 0 aliphatic carbocycles. The predicted molar refractivity (Wildman–Crippen MR) is 148 cm³/mol. The summed E-state index contributed by atoms with van der Waals surface area (Å²) in [5.41, 5.74) is 1.93. The van der Waals surface area contributed by atoms with Gasteiger partial charge in [0.25, 0.3) is 0 Å². The Kier molecular flexibility index (Phi) is 8.78. The molecule has 0 aliphatic heterocycles. The molecule has 0 fully saturated rings. The van der Waals surface area contributed by atoms with E-state index in [1.54, 1.807) is 24.3 Å². The number of unbranched alkanes of at least 4 members (excludes halogenated alkanes) is 1. The summed E-state index contributed by atoms with van der Waals surface area (Å²) in [6, 6.07) is 30.2. The Bertz CT molecular complexity index is 1420. The van der Waals surface area contributed by atoms with Crippen molar-refractivity contribution in [2.24, 2.45) is 5.14 Å². The Morgan fingerprint density at radius 1 is 0.868 bits per heavy atom. The van der Waals surface area contributed by atoms with E-state index in [0.717, 1.165) is 24.0 Å². The molecule has 0 unspecified atom stereocenters. The molecule has 3 N–H and O–H groups in total. The minimum Gasteiger partial charge on any atom is -0.454 e. The van der Waals surface area contributed by atoms with Crippen LogP contribution in [0.15, 0.2) is 108 Å². The molecule has 0 aliphatic rings. The number of esters is 1. The zero-order valence-electron chi connectivity index (χ0n) is 21.0. The van der Waals surface area contributed by atoms with Gasteiger partial charge in [-0.2, -0.15) is 0 Å². The third kappa shape index (κ3) is 6.79. The third-order valence-electron chi connectivity index (χ3n) is 5.84. The van der Waals surface area contributed by atoms with E-state index in [2.05, 4.69) is 5.32 Å². The van der Waals surface area contributed by atoms with Gasteiger partial charge in [0.2, 0.25) is 10.0 Å². The molecule has 4 aromatic carbocycles. The van der Waals surface area contributed by atoms with Gasteiger partial charge < -0.3 is 14.8 Å². The summed E-state index contributed by atoms with van der Waals surface area (Å²) in [6.07, 6.45) is 1.05. The van der Waals surface area contributed by atoms with Gasteiger partial charge in [0, 0.05) is 6.54 Å². The van der Waals surface area contributed by atoms with Crippen molar-refractivity contribution in [2.75, 3.05) is 11.9 Å². The molecule has 0 bridgehead atoms. The second kappa shape index (κ2) is 12.4. The van der Waals surface area contributed by atoms with Crippen LogP contribution < -0.4 is 15.2 Å². The number of primary sulfonamides is 1. The lowest BCUT2D eigenvalue weighted by Crippen LogP contribution is -2.18. The van der Waals surface area contributed by atoms with Gasteiger partial charge in [-0.15, -0.1) is 0 Å². The van der Waals surface area contributed by atoms with E-state index in [0.29, 0.717) is 18.0 Å². The highest BCUT2D eigenvalue weighted by molar-refractivity contribution is 7.89. The van der Waals surface area contributed by atoms with Crippen molar-refractivity contribution in [2.45, 2.75) is 30.8 Å². The summed E-state index contributed by atoms with van der Waals surface area (Å²) in [7, 11) is -4.27. The van der Waals surface area contributed by atoms with Crippen molar-refractivity contribution >= 4 is 21.7 Å². The summed E-state index contributed by atoms with van der Waals surface area (Å²) in [5, 5.41) is 8.81. The number of hydrogen-bond acceptors (Lipinski definition) is 6.